The highest BCUT2D eigenvalue weighted by atomic mass is 35.5. The lowest BCUT2D eigenvalue weighted by Crippen LogP contribution is -2.52. The van der Waals surface area contributed by atoms with Gasteiger partial charge in [0.1, 0.15) is 0 Å². The van der Waals surface area contributed by atoms with E-state index in [4.69, 9.17) is 31.4 Å². The van der Waals surface area contributed by atoms with Crippen LogP contribution in [0.4, 0.5) is 0 Å². The third kappa shape index (κ3) is 8.30. The number of carboxylic acid groups (broad SMARTS) is 2. The third-order valence-corrected chi connectivity index (χ3v) is 5.80. The van der Waals surface area contributed by atoms with Gasteiger partial charge in [0.2, 0.25) is 0 Å². The zero-order valence-corrected chi connectivity index (χ0v) is 18.4. The van der Waals surface area contributed by atoms with Crippen LogP contribution in [0.3, 0.4) is 0 Å². The average molecular weight is 442 g/mol. The minimum atomic E-state index is -0.250. The number of benzene rings is 1. The molecule has 1 atom stereocenters. The van der Waals surface area contributed by atoms with Crippen LogP contribution in [0.25, 0.3) is 0 Å². The van der Waals surface area contributed by atoms with Crippen LogP contribution < -0.4 is 0 Å². The van der Waals surface area contributed by atoms with Gasteiger partial charge in [-0.15, -0.1) is 0 Å². The first-order valence-corrected chi connectivity index (χ1v) is 10.4. The Kier molecular flexibility index (Phi) is 12.0. The van der Waals surface area contributed by atoms with Crippen molar-refractivity contribution in [1.29, 1.82) is 0 Å². The molecule has 2 N–H and O–H groups in total. The Hall–Kier alpha value is -2.16. The van der Waals surface area contributed by atoms with Crippen LogP contribution in [0, 0.1) is 5.92 Å². The van der Waals surface area contributed by atoms with Crippen LogP contribution in [-0.2, 0) is 9.59 Å². The average Bonchev–Trinajstić information content (AvgIpc) is 2.72. The molecule has 2 aliphatic heterocycles. The second-order valence-electron chi connectivity index (χ2n) is 7.53. The molecule has 1 amide bonds. The van der Waals surface area contributed by atoms with Crippen LogP contribution in [0.5, 0.6) is 0 Å². The Labute approximate surface area is 183 Å². The first kappa shape index (κ1) is 25.9. The number of amides is 1. The Morgan fingerprint density at radius 2 is 1.67 bits per heavy atom. The van der Waals surface area contributed by atoms with Gasteiger partial charge >= 0.3 is 0 Å². The molecule has 2 aliphatic rings. The number of hydrogen-bond donors (Lipinski definition) is 2. The van der Waals surface area contributed by atoms with E-state index in [1.54, 1.807) is 6.07 Å². The summed E-state index contributed by atoms with van der Waals surface area (Å²) in [5, 5.41) is 14.3. The van der Waals surface area contributed by atoms with Gasteiger partial charge in [-0.25, -0.2) is 0 Å². The molecule has 8 nitrogen and oxygen atoms in total. The number of carbonyl (C=O) groups is 3. The van der Waals surface area contributed by atoms with Crippen molar-refractivity contribution in [2.75, 3.05) is 46.3 Å². The van der Waals surface area contributed by atoms with Crippen molar-refractivity contribution in [1.82, 2.24) is 14.7 Å². The molecule has 0 saturated carbocycles. The molecule has 3 rings (SSSR count). The molecule has 0 aliphatic carbocycles. The zero-order valence-electron chi connectivity index (χ0n) is 17.6. The molecule has 2 saturated heterocycles. The van der Waals surface area contributed by atoms with Gasteiger partial charge in [-0.05, 0) is 44.9 Å². The summed E-state index contributed by atoms with van der Waals surface area (Å²) >= 11 is 6.17. The van der Waals surface area contributed by atoms with E-state index in [-0.39, 0.29) is 18.9 Å². The fourth-order valence-electron chi connectivity index (χ4n) is 3.90. The third-order valence-electron chi connectivity index (χ3n) is 5.47. The van der Waals surface area contributed by atoms with Crippen molar-refractivity contribution < 1.29 is 24.6 Å². The maximum atomic E-state index is 12.6. The quantitative estimate of drug-likeness (QED) is 0.693. The van der Waals surface area contributed by atoms with Gasteiger partial charge in [-0.2, -0.15) is 0 Å². The Morgan fingerprint density at radius 3 is 2.20 bits per heavy atom. The van der Waals surface area contributed by atoms with Crippen molar-refractivity contribution in [2.24, 2.45) is 5.92 Å². The minimum absolute atomic E-state index is 0.0759. The van der Waals surface area contributed by atoms with E-state index in [0.717, 1.165) is 45.6 Å². The first-order chi connectivity index (χ1) is 14.4. The molecule has 1 unspecified atom stereocenters. The predicted octanol–water partition coefficient (Wildman–Crippen LogP) is 2.23. The predicted molar refractivity (Wildman–Crippen MR) is 116 cm³/mol. The molecule has 30 heavy (non-hydrogen) atoms. The van der Waals surface area contributed by atoms with Gasteiger partial charge in [0.05, 0.1) is 10.6 Å². The SMILES string of the molecule is CC1CN(C)CCN1CC1CCN(C(=O)c2ccccc2Cl)CC1.O=CO.O=CO. The Bertz CT molecular complexity index is 662. The fourth-order valence-corrected chi connectivity index (χ4v) is 4.12. The van der Waals surface area contributed by atoms with Gasteiger partial charge in [0.25, 0.3) is 18.9 Å². The normalized spacial score (nSPS) is 20.2. The summed E-state index contributed by atoms with van der Waals surface area (Å²) in [5.74, 6) is 0.776. The van der Waals surface area contributed by atoms with Gasteiger partial charge in [0, 0.05) is 45.3 Å². The summed E-state index contributed by atoms with van der Waals surface area (Å²) in [6.45, 7) is 8.16. The van der Waals surface area contributed by atoms with Gasteiger partial charge < -0.3 is 20.0 Å². The molecular weight excluding hydrogens is 410 g/mol. The highest BCUT2D eigenvalue weighted by Gasteiger charge is 2.28. The minimum Gasteiger partial charge on any atom is -0.483 e. The van der Waals surface area contributed by atoms with Crippen molar-refractivity contribution >= 4 is 30.5 Å². The van der Waals surface area contributed by atoms with E-state index in [2.05, 4.69) is 23.8 Å². The van der Waals surface area contributed by atoms with Gasteiger partial charge in [-0.3, -0.25) is 19.3 Å². The molecule has 1 aromatic carbocycles. The number of likely N-dealkylation sites (tertiary alicyclic amines) is 1. The Balaban J connectivity index is 0.000000672. The number of carbonyl (C=O) groups excluding carboxylic acids is 1. The molecule has 2 fully saturated rings. The van der Waals surface area contributed by atoms with Crippen LogP contribution in [0.2, 0.25) is 5.02 Å². The zero-order chi connectivity index (χ0) is 22.5. The summed E-state index contributed by atoms with van der Waals surface area (Å²) in [4.78, 5) is 36.3. The molecule has 0 aromatic heterocycles. The van der Waals surface area contributed by atoms with Crippen LogP contribution in [0.15, 0.2) is 24.3 Å². The number of piperidine rings is 1. The molecular formula is C21H32ClN3O5. The number of likely N-dealkylation sites (N-methyl/N-ethyl adjacent to an activating group) is 1. The van der Waals surface area contributed by atoms with E-state index in [9.17, 15) is 4.79 Å². The van der Waals surface area contributed by atoms with Crippen molar-refractivity contribution in [3.63, 3.8) is 0 Å². The van der Waals surface area contributed by atoms with E-state index in [0.29, 0.717) is 22.5 Å². The molecule has 0 bridgehead atoms. The number of halogens is 1. The Morgan fingerprint density at radius 1 is 1.10 bits per heavy atom. The highest BCUT2D eigenvalue weighted by molar-refractivity contribution is 6.33. The van der Waals surface area contributed by atoms with E-state index < -0.39 is 0 Å². The number of nitrogens with zero attached hydrogens (tertiary/aromatic N) is 3. The summed E-state index contributed by atoms with van der Waals surface area (Å²) in [5.41, 5.74) is 0.630. The summed E-state index contributed by atoms with van der Waals surface area (Å²) in [6, 6.07) is 7.98. The molecule has 168 valence electrons. The van der Waals surface area contributed by atoms with Crippen LogP contribution in [0.1, 0.15) is 30.1 Å². The largest absolute Gasteiger partial charge is 0.483 e. The maximum absolute atomic E-state index is 12.6. The maximum Gasteiger partial charge on any atom is 0.290 e. The molecule has 0 radical (unpaired) electrons. The summed E-state index contributed by atoms with van der Waals surface area (Å²) < 4.78 is 0. The number of rotatable bonds is 3. The smallest absolute Gasteiger partial charge is 0.290 e. The van der Waals surface area contributed by atoms with Gasteiger partial charge in [-0.1, -0.05) is 23.7 Å². The van der Waals surface area contributed by atoms with Crippen LogP contribution >= 0.6 is 11.6 Å². The molecule has 0 spiro atoms. The highest BCUT2D eigenvalue weighted by Crippen LogP contribution is 2.24. The second-order valence-corrected chi connectivity index (χ2v) is 7.94. The topological polar surface area (TPSA) is 101 Å². The summed E-state index contributed by atoms with van der Waals surface area (Å²) in [7, 11) is 2.20. The van der Waals surface area contributed by atoms with E-state index in [1.165, 1.54) is 6.54 Å². The summed E-state index contributed by atoms with van der Waals surface area (Å²) in [6.07, 6.45) is 2.19. The standard InChI is InChI=1S/C19H28ClN3O.2CH2O2/c1-15-13-21(2)11-12-23(15)14-16-7-9-22(10-8-16)19(24)17-5-3-4-6-18(17)20;2*2-1-3/h3-6,15-16H,7-14H2,1-2H3;2*1H,(H,2,3). The van der Waals surface area contributed by atoms with E-state index >= 15 is 0 Å². The van der Waals surface area contributed by atoms with Crippen molar-refractivity contribution in [2.45, 2.75) is 25.8 Å². The monoisotopic (exact) mass is 441 g/mol. The number of piperazine rings is 1. The molecule has 1 aromatic rings. The van der Waals surface area contributed by atoms with Crippen LogP contribution in [-0.4, -0.2) is 96.1 Å². The number of hydrogen-bond acceptors (Lipinski definition) is 5. The lowest BCUT2D eigenvalue weighted by atomic mass is 9.94. The van der Waals surface area contributed by atoms with E-state index in [1.807, 2.05) is 23.1 Å². The van der Waals surface area contributed by atoms with Crippen molar-refractivity contribution in [3.8, 4) is 0 Å². The molecule has 2 heterocycles. The lowest BCUT2D eigenvalue weighted by molar-refractivity contribution is -0.123. The lowest BCUT2D eigenvalue weighted by Gasteiger charge is -2.41. The fraction of sp³-hybridized carbons (Fsp3) is 0.571. The first-order valence-electron chi connectivity index (χ1n) is 9.99. The molecule has 9 heteroatoms. The van der Waals surface area contributed by atoms with Gasteiger partial charge in [0.15, 0.2) is 0 Å². The van der Waals surface area contributed by atoms with Crippen molar-refractivity contribution in [3.05, 3.63) is 34.9 Å². The second kappa shape index (κ2) is 14.0.